The molecule has 6 heteroatoms. The van der Waals surface area contributed by atoms with Gasteiger partial charge in [-0.2, -0.15) is 0 Å². The first-order valence-electron chi connectivity index (χ1n) is 10.5. The van der Waals surface area contributed by atoms with E-state index in [0.717, 1.165) is 54.6 Å². The standard InChI is InChI=1S/C22H27N3O3/c1-4-5-10-24-19(26)16-15-7-6-11-25(15)22(17(16)20(24)27)14-9-8-12(2)13(3)18(14)23-21(22)28/h8-9,15-17H,4-7,10-11H2,1-3H3,(H,23,28)/t15-,16-,17+,22+/m1/s1. The SMILES string of the molecule is CCCCN1C(=O)[C@@H]2[C@H]3CCCN3[C@]3(C(=O)Nc4c3ccc(C)c4C)[C@@H]2C1=O. The fourth-order valence-corrected chi connectivity index (χ4v) is 6.12. The molecule has 0 bridgehead atoms. The molecule has 4 heterocycles. The summed E-state index contributed by atoms with van der Waals surface area (Å²) in [5.41, 5.74) is 2.85. The number of aryl methyl sites for hydroxylation is 1. The molecule has 0 saturated carbocycles. The predicted molar refractivity (Wildman–Crippen MR) is 105 cm³/mol. The molecule has 4 atom stereocenters. The number of hydrogen-bond donors (Lipinski definition) is 1. The molecule has 5 rings (SSSR count). The van der Waals surface area contributed by atoms with Crippen molar-refractivity contribution in [2.75, 3.05) is 18.4 Å². The van der Waals surface area contributed by atoms with E-state index in [9.17, 15) is 14.4 Å². The van der Waals surface area contributed by atoms with Crippen molar-refractivity contribution in [1.82, 2.24) is 9.80 Å². The van der Waals surface area contributed by atoms with Crippen molar-refractivity contribution < 1.29 is 14.4 Å². The van der Waals surface area contributed by atoms with Gasteiger partial charge in [0.1, 0.15) is 5.54 Å². The van der Waals surface area contributed by atoms with Crippen molar-refractivity contribution >= 4 is 23.4 Å². The third-order valence-corrected chi connectivity index (χ3v) is 7.53. The van der Waals surface area contributed by atoms with Crippen LogP contribution in [0.25, 0.3) is 0 Å². The lowest BCUT2D eigenvalue weighted by Gasteiger charge is -2.36. The van der Waals surface area contributed by atoms with Gasteiger partial charge in [-0.3, -0.25) is 24.2 Å². The van der Waals surface area contributed by atoms with Crippen LogP contribution in [0.1, 0.15) is 49.3 Å². The van der Waals surface area contributed by atoms with Gasteiger partial charge in [-0.25, -0.2) is 0 Å². The van der Waals surface area contributed by atoms with Gasteiger partial charge in [0.15, 0.2) is 0 Å². The van der Waals surface area contributed by atoms with E-state index in [-0.39, 0.29) is 23.8 Å². The van der Waals surface area contributed by atoms with Crippen LogP contribution in [0.3, 0.4) is 0 Å². The molecule has 148 valence electrons. The highest BCUT2D eigenvalue weighted by atomic mass is 16.2. The van der Waals surface area contributed by atoms with E-state index in [1.165, 1.54) is 4.90 Å². The third-order valence-electron chi connectivity index (χ3n) is 7.53. The number of nitrogens with zero attached hydrogens (tertiary/aromatic N) is 2. The van der Waals surface area contributed by atoms with Gasteiger partial charge < -0.3 is 5.32 Å². The van der Waals surface area contributed by atoms with Crippen LogP contribution in [0.4, 0.5) is 5.69 Å². The normalized spacial score (nSPS) is 33.6. The van der Waals surface area contributed by atoms with Gasteiger partial charge >= 0.3 is 0 Å². The number of hydrogen-bond acceptors (Lipinski definition) is 4. The molecule has 3 amide bonds. The molecule has 1 N–H and O–H groups in total. The van der Waals surface area contributed by atoms with Gasteiger partial charge in [0, 0.05) is 23.8 Å². The Bertz CT molecular complexity index is 911. The van der Waals surface area contributed by atoms with Crippen LogP contribution in [0, 0.1) is 25.7 Å². The molecule has 0 aliphatic carbocycles. The summed E-state index contributed by atoms with van der Waals surface area (Å²) in [6.07, 6.45) is 3.56. The molecule has 3 saturated heterocycles. The fourth-order valence-electron chi connectivity index (χ4n) is 6.12. The number of anilines is 1. The quantitative estimate of drug-likeness (QED) is 0.816. The van der Waals surface area contributed by atoms with Gasteiger partial charge in [0.05, 0.1) is 11.8 Å². The summed E-state index contributed by atoms with van der Waals surface area (Å²) < 4.78 is 0. The highest BCUT2D eigenvalue weighted by Gasteiger charge is 2.74. The second-order valence-electron chi connectivity index (χ2n) is 8.74. The number of nitrogens with one attached hydrogen (secondary N) is 1. The highest BCUT2D eigenvalue weighted by Crippen LogP contribution is 2.60. The largest absolute Gasteiger partial charge is 0.324 e. The molecule has 6 nitrogen and oxygen atoms in total. The molecule has 4 aliphatic rings. The van der Waals surface area contributed by atoms with E-state index in [0.29, 0.717) is 6.54 Å². The third kappa shape index (κ3) is 1.89. The Hall–Kier alpha value is -2.21. The summed E-state index contributed by atoms with van der Waals surface area (Å²) >= 11 is 0. The molecular weight excluding hydrogens is 354 g/mol. The lowest BCUT2D eigenvalue weighted by Crippen LogP contribution is -2.54. The first-order valence-corrected chi connectivity index (χ1v) is 10.5. The maximum Gasteiger partial charge on any atom is 0.250 e. The Balaban J connectivity index is 1.70. The summed E-state index contributed by atoms with van der Waals surface area (Å²) in [4.78, 5) is 43.9. The number of carbonyl (C=O) groups is 3. The molecule has 3 fully saturated rings. The molecule has 1 aromatic rings. The van der Waals surface area contributed by atoms with Crippen LogP contribution in [0.15, 0.2) is 12.1 Å². The van der Waals surface area contributed by atoms with Crippen LogP contribution in [0.2, 0.25) is 0 Å². The minimum atomic E-state index is -1.03. The first kappa shape index (κ1) is 17.9. The van der Waals surface area contributed by atoms with E-state index in [2.05, 4.69) is 17.1 Å². The Morgan fingerprint density at radius 3 is 2.71 bits per heavy atom. The lowest BCUT2D eigenvalue weighted by molar-refractivity contribution is -0.145. The molecule has 0 aromatic heterocycles. The summed E-state index contributed by atoms with van der Waals surface area (Å²) in [6, 6.07) is 4.01. The van der Waals surface area contributed by atoms with Crippen molar-refractivity contribution in [1.29, 1.82) is 0 Å². The second kappa shape index (κ2) is 5.89. The topological polar surface area (TPSA) is 69.7 Å². The highest BCUT2D eigenvalue weighted by molar-refractivity contribution is 6.15. The van der Waals surface area contributed by atoms with Crippen molar-refractivity contribution in [2.24, 2.45) is 11.8 Å². The molecule has 28 heavy (non-hydrogen) atoms. The zero-order chi connectivity index (χ0) is 19.8. The maximum atomic E-state index is 13.5. The van der Waals surface area contributed by atoms with Crippen molar-refractivity contribution in [2.45, 2.75) is 58.0 Å². The lowest BCUT2D eigenvalue weighted by atomic mass is 9.75. The van der Waals surface area contributed by atoms with Gasteiger partial charge in [0.2, 0.25) is 17.7 Å². The summed E-state index contributed by atoms with van der Waals surface area (Å²) in [7, 11) is 0. The number of unbranched alkanes of at least 4 members (excludes halogenated alkanes) is 1. The number of fused-ring (bicyclic) bond motifs is 7. The van der Waals surface area contributed by atoms with Gasteiger partial charge in [-0.15, -0.1) is 0 Å². The molecule has 1 aromatic carbocycles. The van der Waals surface area contributed by atoms with Crippen molar-refractivity contribution in [3.05, 3.63) is 28.8 Å². The number of rotatable bonds is 3. The number of carbonyl (C=O) groups excluding carboxylic acids is 3. The van der Waals surface area contributed by atoms with Gasteiger partial charge in [0.25, 0.3) is 0 Å². The monoisotopic (exact) mass is 381 g/mol. The summed E-state index contributed by atoms with van der Waals surface area (Å²) in [5, 5.41) is 3.10. The van der Waals surface area contributed by atoms with E-state index >= 15 is 0 Å². The predicted octanol–water partition coefficient (Wildman–Crippen LogP) is 2.33. The smallest absolute Gasteiger partial charge is 0.250 e. The number of likely N-dealkylation sites (tertiary alicyclic amines) is 1. The van der Waals surface area contributed by atoms with Crippen LogP contribution >= 0.6 is 0 Å². The van der Waals surface area contributed by atoms with Gasteiger partial charge in [-0.1, -0.05) is 25.5 Å². The molecular formula is C22H27N3O3. The van der Waals surface area contributed by atoms with Crippen LogP contribution in [-0.2, 0) is 19.9 Å². The molecule has 0 unspecified atom stereocenters. The Morgan fingerprint density at radius 1 is 1.18 bits per heavy atom. The Kier molecular flexibility index (Phi) is 3.76. The zero-order valence-corrected chi connectivity index (χ0v) is 16.7. The van der Waals surface area contributed by atoms with Crippen LogP contribution in [-0.4, -0.2) is 46.7 Å². The maximum absolute atomic E-state index is 13.5. The molecule has 0 radical (unpaired) electrons. The summed E-state index contributed by atoms with van der Waals surface area (Å²) in [6.45, 7) is 7.31. The van der Waals surface area contributed by atoms with Crippen LogP contribution in [0.5, 0.6) is 0 Å². The van der Waals surface area contributed by atoms with Crippen molar-refractivity contribution in [3.63, 3.8) is 0 Å². The summed E-state index contributed by atoms with van der Waals surface area (Å²) in [5.74, 6) is -1.36. The Morgan fingerprint density at radius 2 is 1.96 bits per heavy atom. The van der Waals surface area contributed by atoms with E-state index < -0.39 is 17.4 Å². The van der Waals surface area contributed by atoms with Crippen molar-refractivity contribution in [3.8, 4) is 0 Å². The Labute approximate surface area is 165 Å². The average Bonchev–Trinajstić information content (AvgIpc) is 3.37. The average molecular weight is 381 g/mol. The van der Waals surface area contributed by atoms with E-state index in [1.807, 2.05) is 26.0 Å². The molecule has 1 spiro atoms. The molecule has 4 aliphatic heterocycles. The van der Waals surface area contributed by atoms with Crippen LogP contribution < -0.4 is 5.32 Å². The van der Waals surface area contributed by atoms with E-state index in [1.54, 1.807) is 0 Å². The minimum absolute atomic E-state index is 0.0219. The zero-order valence-electron chi connectivity index (χ0n) is 16.7. The fraction of sp³-hybridized carbons (Fsp3) is 0.591. The number of imide groups is 1. The second-order valence-corrected chi connectivity index (χ2v) is 8.74. The van der Waals surface area contributed by atoms with E-state index in [4.69, 9.17) is 0 Å². The minimum Gasteiger partial charge on any atom is -0.324 e. The van der Waals surface area contributed by atoms with Gasteiger partial charge in [-0.05, 0) is 50.8 Å². The number of amides is 3. The first-order chi connectivity index (χ1) is 13.4. The number of benzene rings is 1.